The van der Waals surface area contributed by atoms with Gasteiger partial charge < -0.3 is 15.4 Å². The fourth-order valence-electron chi connectivity index (χ4n) is 2.25. The van der Waals surface area contributed by atoms with Gasteiger partial charge in [-0.2, -0.15) is 0 Å². The predicted octanol–water partition coefficient (Wildman–Crippen LogP) is 2.01. The van der Waals surface area contributed by atoms with Crippen LogP contribution in [0.3, 0.4) is 0 Å². The number of hydrogen-bond acceptors (Lipinski definition) is 5. The fourth-order valence-corrected chi connectivity index (χ4v) is 3.26. The van der Waals surface area contributed by atoms with Crippen LogP contribution in [0.4, 0.5) is 5.69 Å². The van der Waals surface area contributed by atoms with Crippen LogP contribution in [0, 0.1) is 0 Å². The van der Waals surface area contributed by atoms with Crippen LogP contribution in [0.2, 0.25) is 0 Å². The number of nitrogens with two attached hydrogens (primary N) is 1. The van der Waals surface area contributed by atoms with Crippen LogP contribution in [0.15, 0.2) is 23.1 Å². The molecule has 0 spiro atoms. The smallest absolute Gasteiger partial charge is 0.120 e. The normalized spacial score (nSPS) is 17.3. The van der Waals surface area contributed by atoms with E-state index < -0.39 is 0 Å². The zero-order valence-electron chi connectivity index (χ0n) is 12.5. The summed E-state index contributed by atoms with van der Waals surface area (Å²) in [4.78, 5) is 6.04. The standard InChI is InChI=1S/C15H25N3OS/c1-3-19-13-4-5-14(16)15(12-13)20-11-10-18-8-6-17(2)7-9-18/h4-5,12H,3,6-11,16H2,1-2H3. The van der Waals surface area contributed by atoms with Crippen LogP contribution >= 0.6 is 11.8 Å². The number of rotatable bonds is 6. The van der Waals surface area contributed by atoms with E-state index in [0.717, 1.165) is 28.6 Å². The van der Waals surface area contributed by atoms with Gasteiger partial charge in [-0.1, -0.05) is 0 Å². The topological polar surface area (TPSA) is 41.7 Å². The van der Waals surface area contributed by atoms with Crippen molar-refractivity contribution < 1.29 is 4.74 Å². The van der Waals surface area contributed by atoms with E-state index in [1.807, 2.05) is 36.9 Å². The number of thioether (sulfide) groups is 1. The molecular weight excluding hydrogens is 270 g/mol. The van der Waals surface area contributed by atoms with E-state index in [4.69, 9.17) is 10.5 Å². The second-order valence-electron chi connectivity index (χ2n) is 5.13. The highest BCUT2D eigenvalue weighted by molar-refractivity contribution is 7.99. The molecule has 2 N–H and O–H groups in total. The Morgan fingerprint density at radius 3 is 2.70 bits per heavy atom. The number of likely N-dealkylation sites (N-methyl/N-ethyl adjacent to an activating group) is 1. The molecule has 20 heavy (non-hydrogen) atoms. The summed E-state index contributed by atoms with van der Waals surface area (Å²) in [6, 6.07) is 5.92. The Kier molecular flexibility index (Phi) is 6.01. The van der Waals surface area contributed by atoms with Crippen molar-refractivity contribution in [1.82, 2.24) is 9.80 Å². The molecule has 0 amide bonds. The lowest BCUT2D eigenvalue weighted by Crippen LogP contribution is -2.45. The van der Waals surface area contributed by atoms with Crippen LogP contribution in [0.25, 0.3) is 0 Å². The number of hydrogen-bond donors (Lipinski definition) is 1. The first-order valence-corrected chi connectivity index (χ1v) is 8.23. The maximum absolute atomic E-state index is 6.03. The lowest BCUT2D eigenvalue weighted by molar-refractivity contribution is 0.161. The summed E-state index contributed by atoms with van der Waals surface area (Å²) < 4.78 is 5.52. The fraction of sp³-hybridized carbons (Fsp3) is 0.600. The van der Waals surface area contributed by atoms with Crippen molar-refractivity contribution in [2.45, 2.75) is 11.8 Å². The lowest BCUT2D eigenvalue weighted by atomic mass is 10.3. The molecule has 0 saturated carbocycles. The lowest BCUT2D eigenvalue weighted by Gasteiger charge is -2.32. The van der Waals surface area contributed by atoms with Gasteiger partial charge in [-0.15, -0.1) is 11.8 Å². The minimum absolute atomic E-state index is 0.690. The Morgan fingerprint density at radius 2 is 2.00 bits per heavy atom. The molecular formula is C15H25N3OS. The average molecular weight is 295 g/mol. The minimum Gasteiger partial charge on any atom is -0.494 e. The maximum atomic E-state index is 6.03. The van der Waals surface area contributed by atoms with Gasteiger partial charge in [-0.25, -0.2) is 0 Å². The van der Waals surface area contributed by atoms with Crippen molar-refractivity contribution in [3.05, 3.63) is 18.2 Å². The molecule has 0 unspecified atom stereocenters. The van der Waals surface area contributed by atoms with Crippen molar-refractivity contribution in [3.8, 4) is 5.75 Å². The Labute approximate surface area is 126 Å². The number of ether oxygens (including phenoxy) is 1. The van der Waals surface area contributed by atoms with Crippen molar-refractivity contribution >= 4 is 17.4 Å². The van der Waals surface area contributed by atoms with E-state index in [2.05, 4.69) is 16.8 Å². The minimum atomic E-state index is 0.690. The predicted molar refractivity (Wildman–Crippen MR) is 86.7 cm³/mol. The Morgan fingerprint density at radius 1 is 1.25 bits per heavy atom. The van der Waals surface area contributed by atoms with Crippen LogP contribution < -0.4 is 10.5 Å². The van der Waals surface area contributed by atoms with Gasteiger partial charge in [0.2, 0.25) is 0 Å². The van der Waals surface area contributed by atoms with E-state index in [1.165, 1.54) is 26.2 Å². The Hall–Kier alpha value is -0.910. The molecule has 112 valence electrons. The molecule has 1 heterocycles. The zero-order valence-corrected chi connectivity index (χ0v) is 13.3. The number of piperazine rings is 1. The van der Waals surface area contributed by atoms with Crippen LogP contribution in [0.1, 0.15) is 6.92 Å². The number of benzene rings is 1. The first-order valence-electron chi connectivity index (χ1n) is 7.25. The van der Waals surface area contributed by atoms with Gasteiger partial charge in [0.1, 0.15) is 5.75 Å². The molecule has 0 aromatic heterocycles. The second kappa shape index (κ2) is 7.76. The van der Waals surface area contributed by atoms with Crippen molar-refractivity contribution in [1.29, 1.82) is 0 Å². The van der Waals surface area contributed by atoms with Crippen LogP contribution in [-0.2, 0) is 0 Å². The quantitative estimate of drug-likeness (QED) is 0.642. The second-order valence-corrected chi connectivity index (χ2v) is 6.26. The molecule has 0 atom stereocenters. The Bertz CT molecular complexity index is 420. The Balaban J connectivity index is 1.79. The van der Waals surface area contributed by atoms with Crippen molar-refractivity contribution in [2.75, 3.05) is 57.9 Å². The molecule has 1 saturated heterocycles. The molecule has 0 radical (unpaired) electrons. The highest BCUT2D eigenvalue weighted by Gasteiger charge is 2.13. The molecule has 1 aliphatic rings. The largest absolute Gasteiger partial charge is 0.494 e. The number of nitrogen functional groups attached to an aromatic ring is 1. The molecule has 1 aliphatic heterocycles. The first kappa shape index (κ1) is 15.5. The van der Waals surface area contributed by atoms with Crippen molar-refractivity contribution in [3.63, 3.8) is 0 Å². The van der Waals surface area contributed by atoms with Gasteiger partial charge in [-0.05, 0) is 32.2 Å². The summed E-state index contributed by atoms with van der Waals surface area (Å²) in [5.41, 5.74) is 6.87. The summed E-state index contributed by atoms with van der Waals surface area (Å²) in [5.74, 6) is 1.98. The summed E-state index contributed by atoms with van der Waals surface area (Å²) in [6.07, 6.45) is 0. The molecule has 5 heteroatoms. The summed E-state index contributed by atoms with van der Waals surface area (Å²) in [6.45, 7) is 8.50. The number of anilines is 1. The van der Waals surface area contributed by atoms with E-state index in [9.17, 15) is 0 Å². The van der Waals surface area contributed by atoms with Gasteiger partial charge in [0, 0.05) is 49.1 Å². The monoisotopic (exact) mass is 295 g/mol. The molecule has 2 rings (SSSR count). The third-order valence-corrected chi connectivity index (χ3v) is 4.61. The SMILES string of the molecule is CCOc1ccc(N)c(SCCN2CCN(C)CC2)c1. The maximum Gasteiger partial charge on any atom is 0.120 e. The summed E-state index contributed by atoms with van der Waals surface area (Å²) >= 11 is 1.82. The first-order chi connectivity index (χ1) is 9.69. The van der Waals surface area contributed by atoms with E-state index in [-0.39, 0.29) is 0 Å². The third kappa shape index (κ3) is 4.58. The van der Waals surface area contributed by atoms with Gasteiger partial charge in [0.05, 0.1) is 6.61 Å². The molecule has 0 aliphatic carbocycles. The van der Waals surface area contributed by atoms with Gasteiger partial charge in [0.25, 0.3) is 0 Å². The van der Waals surface area contributed by atoms with Crippen LogP contribution in [0.5, 0.6) is 5.75 Å². The summed E-state index contributed by atoms with van der Waals surface area (Å²) in [7, 11) is 2.19. The average Bonchev–Trinajstić information content (AvgIpc) is 2.45. The molecule has 1 fully saturated rings. The van der Waals surface area contributed by atoms with E-state index in [0.29, 0.717) is 6.61 Å². The van der Waals surface area contributed by atoms with Gasteiger partial charge >= 0.3 is 0 Å². The van der Waals surface area contributed by atoms with E-state index in [1.54, 1.807) is 0 Å². The highest BCUT2D eigenvalue weighted by atomic mass is 32.2. The molecule has 4 nitrogen and oxygen atoms in total. The third-order valence-electron chi connectivity index (χ3n) is 3.56. The van der Waals surface area contributed by atoms with Crippen molar-refractivity contribution in [2.24, 2.45) is 0 Å². The highest BCUT2D eigenvalue weighted by Crippen LogP contribution is 2.29. The number of nitrogens with zero attached hydrogens (tertiary/aromatic N) is 2. The molecule has 1 aromatic carbocycles. The molecule has 1 aromatic rings. The van der Waals surface area contributed by atoms with Gasteiger partial charge in [0.15, 0.2) is 0 Å². The molecule has 0 bridgehead atoms. The zero-order chi connectivity index (χ0) is 14.4. The van der Waals surface area contributed by atoms with Crippen LogP contribution in [-0.4, -0.2) is 61.9 Å². The summed E-state index contributed by atoms with van der Waals surface area (Å²) in [5, 5.41) is 0. The van der Waals surface area contributed by atoms with Gasteiger partial charge in [-0.3, -0.25) is 4.90 Å². The van der Waals surface area contributed by atoms with E-state index >= 15 is 0 Å².